The van der Waals surface area contributed by atoms with Gasteiger partial charge < -0.3 is 15.8 Å². The van der Waals surface area contributed by atoms with Crippen molar-refractivity contribution in [3.63, 3.8) is 0 Å². The molecule has 2 rings (SSSR count). The number of ether oxygens (including phenoxy) is 1. The number of nitrogens with one attached hydrogen (secondary N) is 1. The van der Waals surface area contributed by atoms with E-state index in [2.05, 4.69) is 11.9 Å². The fraction of sp³-hybridized carbons (Fsp3) is 0.400. The molecule has 4 heteroatoms. The summed E-state index contributed by atoms with van der Waals surface area (Å²) >= 11 is 0. The molecule has 0 bridgehead atoms. The van der Waals surface area contributed by atoms with E-state index in [0.29, 0.717) is 12.3 Å². The highest BCUT2D eigenvalue weighted by Gasteiger charge is 2.20. The van der Waals surface area contributed by atoms with Gasteiger partial charge in [0, 0.05) is 12.6 Å². The fourth-order valence-electron chi connectivity index (χ4n) is 2.27. The van der Waals surface area contributed by atoms with Crippen LogP contribution in [0.4, 0.5) is 0 Å². The molecule has 0 saturated heterocycles. The minimum Gasteiger partial charge on any atom is -0.481 e. The maximum Gasteiger partial charge on any atom is 0.261 e. The summed E-state index contributed by atoms with van der Waals surface area (Å²) in [6.07, 6.45) is 3.08. The molecule has 1 unspecified atom stereocenters. The zero-order valence-corrected chi connectivity index (χ0v) is 11.2. The molecule has 102 valence electrons. The quantitative estimate of drug-likeness (QED) is 0.792. The van der Waals surface area contributed by atoms with Crippen molar-refractivity contribution < 1.29 is 9.53 Å². The molecule has 0 saturated carbocycles. The Bertz CT molecular complexity index is 485. The molecular weight excluding hydrogens is 240 g/mol. The monoisotopic (exact) mass is 260 g/mol. The second-order valence-electron chi connectivity index (χ2n) is 4.80. The van der Waals surface area contributed by atoms with E-state index in [9.17, 15) is 4.79 Å². The number of benzene rings is 1. The van der Waals surface area contributed by atoms with Crippen molar-refractivity contribution in [3.05, 3.63) is 42.0 Å². The van der Waals surface area contributed by atoms with E-state index in [-0.39, 0.29) is 11.9 Å². The summed E-state index contributed by atoms with van der Waals surface area (Å²) in [6.45, 7) is 5.74. The topological polar surface area (TPSA) is 64.3 Å². The number of rotatable bonds is 5. The van der Waals surface area contributed by atoms with Gasteiger partial charge >= 0.3 is 0 Å². The van der Waals surface area contributed by atoms with E-state index < -0.39 is 6.10 Å². The number of amides is 1. The summed E-state index contributed by atoms with van der Waals surface area (Å²) in [6, 6.07) is 6.00. The number of carbonyl (C=O) groups excluding carboxylic acids is 1. The van der Waals surface area contributed by atoms with Crippen molar-refractivity contribution in [3.8, 4) is 5.75 Å². The van der Waals surface area contributed by atoms with Crippen LogP contribution in [-0.2, 0) is 11.2 Å². The van der Waals surface area contributed by atoms with Crippen LogP contribution < -0.4 is 15.8 Å². The van der Waals surface area contributed by atoms with Crippen molar-refractivity contribution in [2.24, 2.45) is 5.73 Å². The molecule has 1 aliphatic carbocycles. The van der Waals surface area contributed by atoms with Crippen molar-refractivity contribution in [1.29, 1.82) is 0 Å². The third-order valence-corrected chi connectivity index (χ3v) is 3.34. The normalized spacial score (nSPS) is 18.5. The van der Waals surface area contributed by atoms with Gasteiger partial charge in [0.1, 0.15) is 5.75 Å². The molecule has 0 radical (unpaired) electrons. The maximum absolute atomic E-state index is 11.7. The molecule has 0 fully saturated rings. The lowest BCUT2D eigenvalue weighted by Gasteiger charge is -2.15. The van der Waals surface area contributed by atoms with Gasteiger partial charge in [0.25, 0.3) is 5.91 Å². The zero-order valence-electron chi connectivity index (χ0n) is 11.2. The first-order valence-electron chi connectivity index (χ1n) is 6.55. The van der Waals surface area contributed by atoms with Crippen LogP contribution in [0.15, 0.2) is 30.9 Å². The summed E-state index contributed by atoms with van der Waals surface area (Å²) < 4.78 is 5.65. The highest BCUT2D eigenvalue weighted by molar-refractivity contribution is 5.80. The number of carbonyl (C=O) groups is 1. The molecule has 1 amide bonds. The van der Waals surface area contributed by atoms with Crippen molar-refractivity contribution >= 4 is 5.91 Å². The summed E-state index contributed by atoms with van der Waals surface area (Å²) in [5.74, 6) is 0.575. The summed E-state index contributed by atoms with van der Waals surface area (Å²) in [5, 5.41) is 2.71. The third kappa shape index (κ3) is 3.15. The average Bonchev–Trinajstić information content (AvgIpc) is 2.77. The van der Waals surface area contributed by atoms with Crippen LogP contribution >= 0.6 is 0 Å². The number of hydrogen-bond acceptors (Lipinski definition) is 3. The van der Waals surface area contributed by atoms with Crippen LogP contribution in [0.3, 0.4) is 0 Å². The van der Waals surface area contributed by atoms with Gasteiger partial charge in [-0.2, -0.15) is 0 Å². The Hall–Kier alpha value is -1.81. The molecule has 1 aliphatic rings. The lowest BCUT2D eigenvalue weighted by atomic mass is 10.1. The van der Waals surface area contributed by atoms with Gasteiger partial charge in [-0.25, -0.2) is 0 Å². The van der Waals surface area contributed by atoms with Crippen molar-refractivity contribution in [2.75, 3.05) is 6.54 Å². The minimum absolute atomic E-state index is 0.136. The SMILES string of the molecule is C=CCNC(=O)C(C)Oc1ccc2c(c1)CC[C@H]2N. The number of aryl methyl sites for hydroxylation is 1. The van der Waals surface area contributed by atoms with Gasteiger partial charge in [0.15, 0.2) is 6.10 Å². The predicted molar refractivity (Wildman–Crippen MR) is 75.0 cm³/mol. The van der Waals surface area contributed by atoms with Crippen LogP contribution in [0.2, 0.25) is 0 Å². The van der Waals surface area contributed by atoms with E-state index in [1.807, 2.05) is 18.2 Å². The molecule has 3 N–H and O–H groups in total. The predicted octanol–water partition coefficient (Wildman–Crippen LogP) is 1.70. The molecule has 0 heterocycles. The average molecular weight is 260 g/mol. The van der Waals surface area contributed by atoms with E-state index >= 15 is 0 Å². The molecule has 1 aromatic carbocycles. The van der Waals surface area contributed by atoms with Gasteiger partial charge in [0.2, 0.25) is 0 Å². The van der Waals surface area contributed by atoms with Gasteiger partial charge in [-0.3, -0.25) is 4.79 Å². The van der Waals surface area contributed by atoms with E-state index in [1.165, 1.54) is 11.1 Å². The van der Waals surface area contributed by atoms with Crippen LogP contribution in [0, 0.1) is 0 Å². The van der Waals surface area contributed by atoms with E-state index in [1.54, 1.807) is 13.0 Å². The largest absolute Gasteiger partial charge is 0.481 e. The fourth-order valence-corrected chi connectivity index (χ4v) is 2.27. The lowest BCUT2D eigenvalue weighted by molar-refractivity contribution is -0.127. The van der Waals surface area contributed by atoms with Crippen LogP contribution in [0.1, 0.15) is 30.5 Å². The van der Waals surface area contributed by atoms with E-state index in [0.717, 1.165) is 12.8 Å². The molecular formula is C15H20N2O2. The van der Waals surface area contributed by atoms with Gasteiger partial charge in [0.05, 0.1) is 0 Å². The molecule has 4 nitrogen and oxygen atoms in total. The Balaban J connectivity index is 2.00. The second kappa shape index (κ2) is 5.89. The highest BCUT2D eigenvalue weighted by atomic mass is 16.5. The molecule has 0 aliphatic heterocycles. The van der Waals surface area contributed by atoms with Gasteiger partial charge in [-0.05, 0) is 43.0 Å². The van der Waals surface area contributed by atoms with Gasteiger partial charge in [-0.1, -0.05) is 12.1 Å². The van der Waals surface area contributed by atoms with Crippen LogP contribution in [0.25, 0.3) is 0 Å². The molecule has 0 aromatic heterocycles. The lowest BCUT2D eigenvalue weighted by Crippen LogP contribution is -2.36. The first-order chi connectivity index (χ1) is 9.11. The summed E-state index contributed by atoms with van der Waals surface area (Å²) in [5.41, 5.74) is 8.40. The third-order valence-electron chi connectivity index (χ3n) is 3.34. The molecule has 2 atom stereocenters. The van der Waals surface area contributed by atoms with E-state index in [4.69, 9.17) is 10.5 Å². The maximum atomic E-state index is 11.7. The number of nitrogens with two attached hydrogens (primary N) is 1. The minimum atomic E-state index is -0.520. The Morgan fingerprint density at radius 2 is 2.47 bits per heavy atom. The highest BCUT2D eigenvalue weighted by Crippen LogP contribution is 2.32. The second-order valence-corrected chi connectivity index (χ2v) is 4.80. The Morgan fingerprint density at radius 1 is 1.68 bits per heavy atom. The van der Waals surface area contributed by atoms with Crippen molar-refractivity contribution in [1.82, 2.24) is 5.32 Å². The summed E-state index contributed by atoms with van der Waals surface area (Å²) in [4.78, 5) is 11.7. The Labute approximate surface area is 113 Å². The first kappa shape index (κ1) is 13.6. The Morgan fingerprint density at radius 3 is 3.21 bits per heavy atom. The summed E-state index contributed by atoms with van der Waals surface area (Å²) in [7, 11) is 0. The van der Waals surface area contributed by atoms with Crippen LogP contribution in [0.5, 0.6) is 5.75 Å². The molecule has 1 aromatic rings. The molecule has 0 spiro atoms. The smallest absolute Gasteiger partial charge is 0.261 e. The first-order valence-corrected chi connectivity index (χ1v) is 6.55. The Kier molecular flexibility index (Phi) is 4.22. The van der Waals surface area contributed by atoms with Crippen molar-refractivity contribution in [2.45, 2.75) is 31.9 Å². The number of hydrogen-bond donors (Lipinski definition) is 2. The van der Waals surface area contributed by atoms with Gasteiger partial charge in [-0.15, -0.1) is 6.58 Å². The standard InChI is InChI=1S/C15H20N2O2/c1-3-8-17-15(18)10(2)19-12-5-6-13-11(9-12)4-7-14(13)16/h3,5-6,9-10,14H,1,4,7-8,16H2,2H3,(H,17,18)/t10?,14-/m1/s1. The van der Waals surface area contributed by atoms with Crippen LogP contribution in [-0.4, -0.2) is 18.6 Å². The number of fused-ring (bicyclic) bond motifs is 1. The zero-order chi connectivity index (χ0) is 13.8. The molecule has 19 heavy (non-hydrogen) atoms.